The molecule has 0 saturated carbocycles. The van der Waals surface area contributed by atoms with Crippen LogP contribution in [0, 0.1) is 20.8 Å². The fourth-order valence-electron chi connectivity index (χ4n) is 4.70. The van der Waals surface area contributed by atoms with Crippen LogP contribution in [0.25, 0.3) is 0 Å². The molecule has 204 valence electrons. The van der Waals surface area contributed by atoms with Crippen molar-refractivity contribution in [3.05, 3.63) is 144 Å². The molecule has 7 heteroatoms. The van der Waals surface area contributed by atoms with Gasteiger partial charge in [-0.25, -0.2) is 0 Å². The second kappa shape index (κ2) is 12.0. The summed E-state index contributed by atoms with van der Waals surface area (Å²) in [7, 11) is 0. The van der Waals surface area contributed by atoms with Crippen molar-refractivity contribution in [2.24, 2.45) is 0 Å². The molecule has 5 rings (SSSR count). The van der Waals surface area contributed by atoms with E-state index in [1.165, 1.54) is 16.7 Å². The van der Waals surface area contributed by atoms with Gasteiger partial charge in [-0.15, -0.1) is 0 Å². The Hall–Kier alpha value is -1.56. The van der Waals surface area contributed by atoms with Crippen LogP contribution in [0.5, 0.6) is 11.5 Å². The normalized spacial score (nSPS) is 12.4. The van der Waals surface area contributed by atoms with Gasteiger partial charge in [0.25, 0.3) is 0 Å². The summed E-state index contributed by atoms with van der Waals surface area (Å²) in [5.41, 5.74) is 3.50. The molecule has 0 amide bonds. The molecule has 40 heavy (non-hydrogen) atoms. The first-order valence-corrected chi connectivity index (χ1v) is 21.7. The molecule has 0 spiro atoms. The molecule has 0 aliphatic heterocycles. The number of rotatable bonds is 7. The quantitative estimate of drug-likeness (QED) is 0.152. The van der Waals surface area contributed by atoms with Crippen molar-refractivity contribution >= 4 is 92.5 Å². The van der Waals surface area contributed by atoms with Crippen LogP contribution in [-0.2, 0) is 0 Å². The van der Waals surface area contributed by atoms with E-state index in [-0.39, 0.29) is 0 Å². The van der Waals surface area contributed by atoms with Crippen molar-refractivity contribution in [2.75, 3.05) is 0 Å². The Labute approximate surface area is 271 Å². The van der Waals surface area contributed by atoms with Gasteiger partial charge in [0.2, 0.25) is 0 Å². The Morgan fingerprint density at radius 2 is 0.725 bits per heavy atom. The van der Waals surface area contributed by atoms with Crippen LogP contribution in [0.1, 0.15) is 16.7 Å². The van der Waals surface area contributed by atoms with Crippen LogP contribution in [0.4, 0.5) is 0 Å². The summed E-state index contributed by atoms with van der Waals surface area (Å²) in [6.45, 7) is 6.30. The summed E-state index contributed by atoms with van der Waals surface area (Å²) in [4.78, 5) is 0. The molecular weight excluding hydrogens is 870 g/mol. The first-order valence-electron chi connectivity index (χ1n) is 12.6. The SMILES string of the molecule is Cc1cc[c]([Sb]([O]c2ccc(Br)cc2Br)([O]c2ccc(Br)cc2Br)([c]2ccc(C)cc2)[c]2ccc(C)cc2)cc1. The molecule has 0 bridgehead atoms. The Balaban J connectivity index is 1.99. The molecule has 0 radical (unpaired) electrons. The van der Waals surface area contributed by atoms with Gasteiger partial charge in [0, 0.05) is 0 Å². The molecule has 0 saturated heterocycles. The zero-order valence-electron chi connectivity index (χ0n) is 22.2. The number of benzene rings is 5. The summed E-state index contributed by atoms with van der Waals surface area (Å²) in [6, 6.07) is 37.9. The first kappa shape index (κ1) is 29.9. The molecule has 5 aromatic rings. The van der Waals surface area contributed by atoms with Crippen molar-refractivity contribution in [3.63, 3.8) is 0 Å². The molecule has 2 nitrogen and oxygen atoms in total. The molecule has 0 aliphatic rings. The zero-order chi connectivity index (χ0) is 28.5. The monoisotopic (exact) mass is 892 g/mol. The zero-order valence-corrected chi connectivity index (χ0v) is 31.1. The van der Waals surface area contributed by atoms with Crippen molar-refractivity contribution in [1.29, 1.82) is 0 Å². The third-order valence-corrected chi connectivity index (χ3v) is 22.8. The van der Waals surface area contributed by atoms with Crippen LogP contribution >= 0.6 is 63.7 Å². The maximum atomic E-state index is 7.62. The van der Waals surface area contributed by atoms with E-state index in [1.807, 2.05) is 36.4 Å². The van der Waals surface area contributed by atoms with E-state index in [9.17, 15) is 0 Å². The maximum absolute atomic E-state index is 7.62. The summed E-state index contributed by atoms with van der Waals surface area (Å²) < 4.78 is 21.9. The average molecular weight is 897 g/mol. The number of hydrogen-bond acceptors (Lipinski definition) is 2. The molecule has 0 fully saturated rings. The minimum atomic E-state index is -5.47. The third-order valence-electron chi connectivity index (χ3n) is 6.84. The number of hydrogen-bond donors (Lipinski definition) is 0. The van der Waals surface area contributed by atoms with Gasteiger partial charge in [-0.2, -0.15) is 0 Å². The van der Waals surface area contributed by atoms with Gasteiger partial charge in [-0.05, 0) is 0 Å². The number of aryl methyl sites for hydroxylation is 3. The van der Waals surface area contributed by atoms with E-state index in [1.54, 1.807) is 0 Å². The van der Waals surface area contributed by atoms with Crippen LogP contribution < -0.4 is 16.6 Å². The van der Waals surface area contributed by atoms with Gasteiger partial charge in [-0.3, -0.25) is 0 Å². The van der Waals surface area contributed by atoms with Gasteiger partial charge in [-0.1, -0.05) is 0 Å². The van der Waals surface area contributed by atoms with Gasteiger partial charge < -0.3 is 0 Å². The summed E-state index contributed by atoms with van der Waals surface area (Å²) in [5.74, 6) is 1.42. The van der Waals surface area contributed by atoms with E-state index in [0.29, 0.717) is 11.5 Å². The van der Waals surface area contributed by atoms with Crippen molar-refractivity contribution < 1.29 is 6.03 Å². The van der Waals surface area contributed by atoms with Gasteiger partial charge in [0.15, 0.2) is 0 Å². The second-order valence-corrected chi connectivity index (χ2v) is 24.3. The second-order valence-electron chi connectivity index (χ2n) is 9.80. The van der Waals surface area contributed by atoms with E-state index in [4.69, 9.17) is 6.03 Å². The molecule has 0 heterocycles. The molecule has 5 aromatic carbocycles. The fraction of sp³-hybridized carbons (Fsp3) is 0.0909. The van der Waals surface area contributed by atoms with Crippen molar-refractivity contribution in [3.8, 4) is 11.5 Å². The molecule has 0 N–H and O–H groups in total. The molecular formula is C33H27Br4O2Sb. The Kier molecular flexibility index (Phi) is 8.95. The van der Waals surface area contributed by atoms with Crippen molar-refractivity contribution in [1.82, 2.24) is 0 Å². The fourth-order valence-corrected chi connectivity index (χ4v) is 21.1. The summed E-state index contributed by atoms with van der Waals surface area (Å²) >= 11 is 9.32. The van der Waals surface area contributed by atoms with Gasteiger partial charge in [0.05, 0.1) is 0 Å². The average Bonchev–Trinajstić information content (AvgIpc) is 2.93. The van der Waals surface area contributed by atoms with Gasteiger partial charge in [0.1, 0.15) is 0 Å². The summed E-state index contributed by atoms with van der Waals surface area (Å²) in [5, 5.41) is 0. The Morgan fingerprint density at radius 1 is 0.425 bits per heavy atom. The van der Waals surface area contributed by atoms with E-state index in [2.05, 4.69) is 157 Å². The number of halogens is 4. The molecule has 0 unspecified atom stereocenters. The minimum absolute atomic E-state index is 0.708. The predicted octanol–water partition coefficient (Wildman–Crippen LogP) is 9.24. The third kappa shape index (κ3) is 5.59. The van der Waals surface area contributed by atoms with E-state index < -0.39 is 18.2 Å². The van der Waals surface area contributed by atoms with Crippen LogP contribution in [-0.4, -0.2) is 18.2 Å². The molecule has 0 aromatic heterocycles. The topological polar surface area (TPSA) is 18.5 Å². The standard InChI is InChI=1S/3C7H7.2C6H4Br2O.Sb/c3*1-7-5-3-2-4-6-7;2*7-4-1-2-6(9)5(8)3-4;/h3*3-6H,1H3;2*1-3,9H;/q;;;;;+2/p-2. The Morgan fingerprint density at radius 3 is 1.00 bits per heavy atom. The van der Waals surface area contributed by atoms with Crippen LogP contribution in [0.3, 0.4) is 0 Å². The van der Waals surface area contributed by atoms with Crippen LogP contribution in [0.15, 0.2) is 127 Å². The van der Waals surface area contributed by atoms with Gasteiger partial charge >= 0.3 is 275 Å². The van der Waals surface area contributed by atoms with Crippen molar-refractivity contribution in [2.45, 2.75) is 20.8 Å². The van der Waals surface area contributed by atoms with E-state index >= 15 is 0 Å². The molecule has 0 atom stereocenters. The first-order chi connectivity index (χ1) is 19.1. The van der Waals surface area contributed by atoms with Crippen LogP contribution in [0.2, 0.25) is 0 Å². The summed E-state index contributed by atoms with van der Waals surface area (Å²) in [6.07, 6.45) is 0. The predicted molar refractivity (Wildman–Crippen MR) is 183 cm³/mol. The van der Waals surface area contributed by atoms with E-state index in [0.717, 1.165) is 28.4 Å². The Bertz CT molecular complexity index is 1500. The molecule has 0 aliphatic carbocycles.